The molecule has 2 aliphatic carbocycles. The minimum absolute atomic E-state index is 0.319. The zero-order chi connectivity index (χ0) is 41.4. The Balaban J connectivity index is 1.22. The Morgan fingerprint density at radius 2 is 1.08 bits per heavy atom. The van der Waals surface area contributed by atoms with E-state index >= 15 is 0 Å². The Morgan fingerprint density at radius 1 is 0.533 bits per heavy atom. The predicted molar refractivity (Wildman–Crippen MR) is 258 cm³/mol. The van der Waals surface area contributed by atoms with E-state index in [4.69, 9.17) is 0 Å². The molecule has 0 amide bonds. The maximum absolute atomic E-state index is 4.45. The van der Waals surface area contributed by atoms with Crippen molar-refractivity contribution in [3.05, 3.63) is 257 Å². The molecule has 0 aromatic heterocycles. The summed E-state index contributed by atoms with van der Waals surface area (Å²) >= 11 is 0. The second kappa shape index (κ2) is 16.1. The summed E-state index contributed by atoms with van der Waals surface area (Å²) in [6.07, 6.45) is 5.90. The molecule has 1 spiro atoms. The molecule has 0 radical (unpaired) electrons. The molecular formula is C60H52. The van der Waals surface area contributed by atoms with E-state index in [0.717, 1.165) is 12.8 Å². The van der Waals surface area contributed by atoms with Crippen LogP contribution in [0.5, 0.6) is 0 Å². The third-order valence-electron chi connectivity index (χ3n) is 13.3. The van der Waals surface area contributed by atoms with Gasteiger partial charge in [0.1, 0.15) is 0 Å². The molecule has 2 atom stereocenters. The van der Waals surface area contributed by atoms with E-state index in [-0.39, 0.29) is 0 Å². The van der Waals surface area contributed by atoms with Gasteiger partial charge in [0, 0.05) is 0 Å². The van der Waals surface area contributed by atoms with Gasteiger partial charge in [-0.3, -0.25) is 0 Å². The van der Waals surface area contributed by atoms with Crippen LogP contribution >= 0.6 is 0 Å². The lowest BCUT2D eigenvalue weighted by molar-refractivity contribution is 0.751. The largest absolute Gasteiger partial charge is 0.0987 e. The Morgan fingerprint density at radius 3 is 1.75 bits per heavy atom. The lowest BCUT2D eigenvalue weighted by atomic mass is 9.69. The number of fused-ring (bicyclic) bond motifs is 7. The van der Waals surface area contributed by atoms with Gasteiger partial charge in [0.05, 0.1) is 5.41 Å². The van der Waals surface area contributed by atoms with E-state index in [9.17, 15) is 0 Å². The first-order valence-corrected chi connectivity index (χ1v) is 21.3. The molecule has 0 aliphatic heterocycles. The summed E-state index contributed by atoms with van der Waals surface area (Å²) in [5, 5.41) is 0. The van der Waals surface area contributed by atoms with Crippen LogP contribution in [0.1, 0.15) is 85.4 Å². The number of hydrogen-bond acceptors (Lipinski definition) is 0. The Bertz CT molecular complexity index is 2880. The fraction of sp³-hybridized carbons (Fsp3) is 0.133. The average Bonchev–Trinajstić information content (AvgIpc) is 3.77. The van der Waals surface area contributed by atoms with Crippen LogP contribution in [0, 0.1) is 0 Å². The molecule has 2 unspecified atom stereocenters. The third kappa shape index (κ3) is 6.48. The van der Waals surface area contributed by atoms with Crippen molar-refractivity contribution < 1.29 is 0 Å². The highest BCUT2D eigenvalue weighted by Gasteiger charge is 2.52. The quantitative estimate of drug-likeness (QED) is 0.123. The monoisotopic (exact) mass is 772 g/mol. The number of rotatable bonds is 11. The van der Waals surface area contributed by atoms with Crippen molar-refractivity contribution in [2.45, 2.75) is 51.9 Å². The first-order chi connectivity index (χ1) is 29.3. The number of allylic oxidation sites excluding steroid dienone is 8. The average molecular weight is 773 g/mol. The van der Waals surface area contributed by atoms with Crippen molar-refractivity contribution in [3.8, 4) is 33.4 Å². The summed E-state index contributed by atoms with van der Waals surface area (Å²) in [5.41, 5.74) is 24.2. The van der Waals surface area contributed by atoms with E-state index in [1.54, 1.807) is 0 Å². The van der Waals surface area contributed by atoms with Crippen LogP contribution in [0.15, 0.2) is 218 Å². The van der Waals surface area contributed by atoms with E-state index in [1.165, 1.54) is 106 Å². The van der Waals surface area contributed by atoms with Crippen LogP contribution in [0.3, 0.4) is 0 Å². The zero-order valence-corrected chi connectivity index (χ0v) is 35.3. The van der Waals surface area contributed by atoms with Gasteiger partial charge in [0.2, 0.25) is 0 Å². The van der Waals surface area contributed by atoms with Crippen molar-refractivity contribution in [1.82, 2.24) is 0 Å². The smallest absolute Gasteiger partial charge is 0.0725 e. The van der Waals surface area contributed by atoms with Gasteiger partial charge in [-0.15, -0.1) is 0 Å². The molecule has 0 bridgehead atoms. The molecule has 0 saturated heterocycles. The summed E-state index contributed by atoms with van der Waals surface area (Å²) in [6, 6.07) is 64.7. The maximum atomic E-state index is 4.45. The van der Waals surface area contributed by atoms with E-state index in [0.29, 0.717) is 5.92 Å². The number of hydrogen-bond donors (Lipinski definition) is 0. The lowest BCUT2D eigenvalue weighted by Crippen LogP contribution is -2.26. The van der Waals surface area contributed by atoms with Crippen LogP contribution in [-0.4, -0.2) is 0 Å². The van der Waals surface area contributed by atoms with Crippen molar-refractivity contribution >= 4 is 16.7 Å². The molecule has 7 aromatic rings. The van der Waals surface area contributed by atoms with E-state index < -0.39 is 5.41 Å². The fourth-order valence-corrected chi connectivity index (χ4v) is 10.2. The molecule has 0 saturated carbocycles. The molecule has 7 aromatic carbocycles. The minimum atomic E-state index is -0.479. The first-order valence-electron chi connectivity index (χ1n) is 21.3. The predicted octanol–water partition coefficient (Wildman–Crippen LogP) is 16.3. The molecule has 0 fully saturated rings. The Hall–Kier alpha value is -6.76. The zero-order valence-electron chi connectivity index (χ0n) is 35.3. The van der Waals surface area contributed by atoms with Gasteiger partial charge in [-0.2, -0.15) is 0 Å². The van der Waals surface area contributed by atoms with Crippen molar-refractivity contribution in [3.63, 3.8) is 0 Å². The molecule has 0 N–H and O–H groups in total. The summed E-state index contributed by atoms with van der Waals surface area (Å²) < 4.78 is 0. The lowest BCUT2D eigenvalue weighted by Gasteiger charge is -2.31. The van der Waals surface area contributed by atoms with Crippen LogP contribution < -0.4 is 0 Å². The molecule has 292 valence electrons. The van der Waals surface area contributed by atoms with Crippen LogP contribution in [0.4, 0.5) is 0 Å². The van der Waals surface area contributed by atoms with Gasteiger partial charge in [-0.25, -0.2) is 0 Å². The van der Waals surface area contributed by atoms with Crippen LogP contribution in [0.2, 0.25) is 0 Å². The van der Waals surface area contributed by atoms with Crippen molar-refractivity contribution in [1.29, 1.82) is 0 Å². The SMILES string of the molecule is C=CC1=C(C=C)C2(c3ccccc31)c1ccccc1-c1c(/C(C/C(C)=C(/C)c3cccc(-c4ccccc4)c3)=C(\C)CC(C)c3cccc(-c4ccccc4)c3)cccc12. The van der Waals surface area contributed by atoms with Gasteiger partial charge in [0.15, 0.2) is 0 Å². The molecule has 0 heteroatoms. The molecular weight excluding hydrogens is 721 g/mol. The van der Waals surface area contributed by atoms with Crippen molar-refractivity contribution in [2.24, 2.45) is 0 Å². The fourth-order valence-electron chi connectivity index (χ4n) is 10.2. The second-order valence-corrected chi connectivity index (χ2v) is 16.7. The van der Waals surface area contributed by atoms with Crippen molar-refractivity contribution in [2.75, 3.05) is 0 Å². The topological polar surface area (TPSA) is 0 Å². The molecule has 0 heterocycles. The molecule has 60 heavy (non-hydrogen) atoms. The Labute approximate surface area is 357 Å². The minimum Gasteiger partial charge on any atom is -0.0987 e. The molecule has 2 aliphatic rings. The highest BCUT2D eigenvalue weighted by Crippen LogP contribution is 2.63. The molecule has 0 nitrogen and oxygen atoms in total. The van der Waals surface area contributed by atoms with E-state index in [1.807, 2.05) is 6.08 Å². The standard InChI is InChI=1S/C60H52/c1-7-50-51-30-15-17-33-56(51)60(55(50)8-2)57-34-18-16-31-53(57)59-52(32-21-35-58(59)60)54(37-40(3)43(6)47-27-20-29-49(39-47)45-24-13-10-14-25-45)42(5)36-41(4)46-26-19-28-48(38-46)44-22-11-9-12-23-44/h7-35,38-39,41H,1-2,36-37H2,3-6H3/b43-40-,54-42+. The first kappa shape index (κ1) is 38.7. The maximum Gasteiger partial charge on any atom is 0.0725 e. The summed E-state index contributed by atoms with van der Waals surface area (Å²) in [6.45, 7) is 18.2. The van der Waals surface area contributed by atoms with Gasteiger partial charge in [-0.05, 0) is 140 Å². The second-order valence-electron chi connectivity index (χ2n) is 16.7. The van der Waals surface area contributed by atoms with Crippen LogP contribution in [-0.2, 0) is 5.41 Å². The highest BCUT2D eigenvalue weighted by molar-refractivity contribution is 6.00. The highest BCUT2D eigenvalue weighted by atomic mass is 14.5. The number of benzene rings is 7. The third-order valence-corrected chi connectivity index (χ3v) is 13.3. The van der Waals surface area contributed by atoms with Gasteiger partial charge in [0.25, 0.3) is 0 Å². The van der Waals surface area contributed by atoms with Gasteiger partial charge < -0.3 is 0 Å². The van der Waals surface area contributed by atoms with Crippen LogP contribution in [0.25, 0.3) is 50.1 Å². The normalized spacial score (nSPS) is 16.4. The van der Waals surface area contributed by atoms with E-state index in [2.05, 4.69) is 223 Å². The molecule has 9 rings (SSSR count). The Kier molecular flexibility index (Phi) is 10.4. The summed E-state index contributed by atoms with van der Waals surface area (Å²) in [7, 11) is 0. The van der Waals surface area contributed by atoms with Gasteiger partial charge >= 0.3 is 0 Å². The summed E-state index contributed by atoms with van der Waals surface area (Å²) in [4.78, 5) is 0. The van der Waals surface area contributed by atoms with Gasteiger partial charge in [-0.1, -0.05) is 213 Å². The summed E-state index contributed by atoms with van der Waals surface area (Å²) in [5.74, 6) is 0.319.